The Morgan fingerprint density at radius 1 is 1.11 bits per heavy atom. The Hall–Kier alpha value is -2.36. The number of benzene rings is 2. The molecule has 7 nitrogen and oxygen atoms in total. The molecular weight excluding hydrogens is 367 g/mol. The highest BCUT2D eigenvalue weighted by molar-refractivity contribution is 5.89. The van der Waals surface area contributed by atoms with Crippen molar-refractivity contribution in [3.8, 4) is 0 Å². The summed E-state index contributed by atoms with van der Waals surface area (Å²) in [5.41, 5.74) is 4.41. The SMILES string of the molecule is COCCOCCOC(=O)c1cccc(C2NOC(c3ccccc3F)N2)c1. The van der Waals surface area contributed by atoms with E-state index in [1.807, 2.05) is 6.07 Å². The van der Waals surface area contributed by atoms with E-state index in [2.05, 4.69) is 10.8 Å². The van der Waals surface area contributed by atoms with Crippen molar-refractivity contribution in [1.82, 2.24) is 10.8 Å². The molecule has 1 heterocycles. The molecule has 0 spiro atoms. The molecule has 0 aromatic heterocycles. The summed E-state index contributed by atoms with van der Waals surface area (Å²) in [6, 6.07) is 13.3. The fourth-order valence-corrected chi connectivity index (χ4v) is 2.73. The predicted molar refractivity (Wildman–Crippen MR) is 98.7 cm³/mol. The van der Waals surface area contributed by atoms with Gasteiger partial charge in [-0.15, -0.1) is 0 Å². The predicted octanol–water partition coefficient (Wildman–Crippen LogP) is 2.47. The van der Waals surface area contributed by atoms with Crippen molar-refractivity contribution in [2.45, 2.75) is 12.4 Å². The average molecular weight is 390 g/mol. The van der Waals surface area contributed by atoms with Crippen LogP contribution in [-0.4, -0.2) is 39.5 Å². The summed E-state index contributed by atoms with van der Waals surface area (Å²) in [5, 5.41) is 3.15. The van der Waals surface area contributed by atoms with E-state index in [1.54, 1.807) is 43.5 Å². The van der Waals surface area contributed by atoms with Gasteiger partial charge in [-0.1, -0.05) is 30.3 Å². The minimum atomic E-state index is -0.633. The molecule has 1 aliphatic heterocycles. The Morgan fingerprint density at radius 3 is 2.75 bits per heavy atom. The second-order valence-corrected chi connectivity index (χ2v) is 6.10. The second kappa shape index (κ2) is 10.3. The third-order valence-corrected chi connectivity index (χ3v) is 4.16. The molecule has 0 bridgehead atoms. The number of methoxy groups -OCH3 is 1. The number of ether oxygens (including phenoxy) is 3. The van der Waals surface area contributed by atoms with Gasteiger partial charge in [0, 0.05) is 12.7 Å². The van der Waals surface area contributed by atoms with Gasteiger partial charge in [0.2, 0.25) is 0 Å². The lowest BCUT2D eigenvalue weighted by Gasteiger charge is -2.13. The Kier molecular flexibility index (Phi) is 7.46. The van der Waals surface area contributed by atoms with Crippen LogP contribution in [0.25, 0.3) is 0 Å². The van der Waals surface area contributed by atoms with Crippen LogP contribution in [0.15, 0.2) is 48.5 Å². The van der Waals surface area contributed by atoms with Gasteiger partial charge >= 0.3 is 5.97 Å². The number of hydrogen-bond acceptors (Lipinski definition) is 7. The first-order chi connectivity index (χ1) is 13.7. The smallest absolute Gasteiger partial charge is 0.338 e. The van der Waals surface area contributed by atoms with Crippen LogP contribution in [0.1, 0.15) is 33.9 Å². The number of halogens is 1. The Bertz CT molecular complexity index is 789. The van der Waals surface area contributed by atoms with Gasteiger partial charge in [-0.3, -0.25) is 10.2 Å². The van der Waals surface area contributed by atoms with Crippen LogP contribution in [0.4, 0.5) is 4.39 Å². The highest BCUT2D eigenvalue weighted by Gasteiger charge is 2.28. The van der Waals surface area contributed by atoms with Crippen molar-refractivity contribution < 1.29 is 28.2 Å². The monoisotopic (exact) mass is 390 g/mol. The third kappa shape index (κ3) is 5.34. The van der Waals surface area contributed by atoms with E-state index in [0.29, 0.717) is 30.9 Å². The molecule has 2 aromatic carbocycles. The summed E-state index contributed by atoms with van der Waals surface area (Å²) in [5.74, 6) is -0.797. The number of esters is 1. The summed E-state index contributed by atoms with van der Waals surface area (Å²) in [6.07, 6.45) is -1.03. The van der Waals surface area contributed by atoms with E-state index < -0.39 is 18.4 Å². The Morgan fingerprint density at radius 2 is 1.93 bits per heavy atom. The van der Waals surface area contributed by atoms with Crippen LogP contribution in [-0.2, 0) is 19.0 Å². The average Bonchev–Trinajstić information content (AvgIpc) is 3.21. The molecule has 1 aliphatic rings. The Balaban J connectivity index is 1.55. The zero-order valence-corrected chi connectivity index (χ0v) is 15.5. The van der Waals surface area contributed by atoms with Gasteiger partial charge in [-0.25, -0.2) is 9.18 Å². The van der Waals surface area contributed by atoms with E-state index in [1.165, 1.54) is 6.07 Å². The lowest BCUT2D eigenvalue weighted by molar-refractivity contribution is 0.0193. The van der Waals surface area contributed by atoms with Crippen LogP contribution in [0.5, 0.6) is 0 Å². The van der Waals surface area contributed by atoms with Gasteiger partial charge in [-0.05, 0) is 23.8 Å². The lowest BCUT2D eigenvalue weighted by Crippen LogP contribution is -2.23. The highest BCUT2D eigenvalue weighted by Crippen LogP contribution is 2.26. The molecule has 2 N–H and O–H groups in total. The number of carbonyl (C=O) groups is 1. The molecule has 2 unspecified atom stereocenters. The maximum atomic E-state index is 13.9. The zero-order valence-electron chi connectivity index (χ0n) is 15.5. The summed E-state index contributed by atoms with van der Waals surface area (Å²) >= 11 is 0. The minimum Gasteiger partial charge on any atom is -0.460 e. The van der Waals surface area contributed by atoms with Gasteiger partial charge in [0.1, 0.15) is 18.6 Å². The summed E-state index contributed by atoms with van der Waals surface area (Å²) in [4.78, 5) is 17.7. The van der Waals surface area contributed by atoms with Crippen molar-refractivity contribution in [1.29, 1.82) is 0 Å². The van der Waals surface area contributed by atoms with Crippen molar-refractivity contribution in [2.75, 3.05) is 33.5 Å². The number of carbonyl (C=O) groups excluding carboxylic acids is 1. The molecule has 3 rings (SSSR count). The van der Waals surface area contributed by atoms with Gasteiger partial charge in [0.25, 0.3) is 0 Å². The van der Waals surface area contributed by atoms with Crippen LogP contribution < -0.4 is 10.8 Å². The first-order valence-corrected chi connectivity index (χ1v) is 8.94. The minimum absolute atomic E-state index is 0.158. The van der Waals surface area contributed by atoms with Gasteiger partial charge in [-0.2, -0.15) is 5.48 Å². The molecule has 28 heavy (non-hydrogen) atoms. The van der Waals surface area contributed by atoms with Gasteiger partial charge < -0.3 is 14.2 Å². The van der Waals surface area contributed by atoms with E-state index in [9.17, 15) is 9.18 Å². The van der Waals surface area contributed by atoms with Crippen LogP contribution in [0.3, 0.4) is 0 Å². The fourth-order valence-electron chi connectivity index (χ4n) is 2.73. The standard InChI is InChI=1S/C20H23FN2O5/c1-25-9-10-26-11-12-27-20(24)15-6-4-5-14(13-15)18-22-19(28-23-18)16-7-2-3-8-17(16)21/h2-8,13,18-19,22-23H,9-12H2,1H3. The maximum absolute atomic E-state index is 13.9. The van der Waals surface area contributed by atoms with E-state index in [4.69, 9.17) is 19.0 Å². The van der Waals surface area contributed by atoms with E-state index >= 15 is 0 Å². The molecule has 2 atom stereocenters. The van der Waals surface area contributed by atoms with Crippen molar-refractivity contribution in [3.05, 3.63) is 71.0 Å². The van der Waals surface area contributed by atoms with Crippen molar-refractivity contribution in [3.63, 3.8) is 0 Å². The number of hydrogen-bond donors (Lipinski definition) is 2. The molecule has 2 aromatic rings. The molecular formula is C20H23FN2O5. The first-order valence-electron chi connectivity index (χ1n) is 8.94. The molecule has 0 radical (unpaired) electrons. The lowest BCUT2D eigenvalue weighted by atomic mass is 10.1. The molecule has 150 valence electrons. The topological polar surface area (TPSA) is 78.1 Å². The molecule has 0 aliphatic carbocycles. The second-order valence-electron chi connectivity index (χ2n) is 6.10. The first kappa shape index (κ1) is 20.4. The Labute approximate surface area is 162 Å². The third-order valence-electron chi connectivity index (χ3n) is 4.16. The van der Waals surface area contributed by atoms with Gasteiger partial charge in [0.05, 0.1) is 25.4 Å². The van der Waals surface area contributed by atoms with Crippen LogP contribution in [0.2, 0.25) is 0 Å². The number of hydroxylamine groups is 1. The van der Waals surface area contributed by atoms with E-state index in [-0.39, 0.29) is 12.4 Å². The quantitative estimate of drug-likeness (QED) is 0.503. The van der Waals surface area contributed by atoms with Crippen LogP contribution in [0, 0.1) is 5.82 Å². The molecule has 0 amide bonds. The largest absolute Gasteiger partial charge is 0.460 e. The summed E-state index contributed by atoms with van der Waals surface area (Å²) < 4.78 is 29.3. The molecule has 8 heteroatoms. The summed E-state index contributed by atoms with van der Waals surface area (Å²) in [6.45, 7) is 1.41. The highest BCUT2D eigenvalue weighted by atomic mass is 19.1. The number of rotatable bonds is 9. The normalized spacial score (nSPS) is 18.9. The zero-order chi connectivity index (χ0) is 19.8. The molecule has 1 fully saturated rings. The molecule has 1 saturated heterocycles. The van der Waals surface area contributed by atoms with Crippen molar-refractivity contribution >= 4 is 5.97 Å². The van der Waals surface area contributed by atoms with E-state index in [0.717, 1.165) is 5.56 Å². The van der Waals surface area contributed by atoms with Gasteiger partial charge in [0.15, 0.2) is 6.23 Å². The fraction of sp³-hybridized carbons (Fsp3) is 0.350. The maximum Gasteiger partial charge on any atom is 0.338 e. The van der Waals surface area contributed by atoms with Crippen LogP contribution >= 0.6 is 0 Å². The van der Waals surface area contributed by atoms with Crippen molar-refractivity contribution in [2.24, 2.45) is 0 Å². The summed E-state index contributed by atoms with van der Waals surface area (Å²) in [7, 11) is 1.59. The molecule has 0 saturated carbocycles. The number of nitrogens with one attached hydrogen (secondary N) is 2.